The van der Waals surface area contributed by atoms with Crippen LogP contribution in [-0.2, 0) is 16.0 Å². The Bertz CT molecular complexity index is 982. The van der Waals surface area contributed by atoms with E-state index in [1.165, 1.54) is 44.0 Å². The summed E-state index contributed by atoms with van der Waals surface area (Å²) in [6, 6.07) is 19.7. The molecule has 2 nitrogen and oxygen atoms in total. The minimum Gasteiger partial charge on any atom is -0.463 e. The molecule has 0 amide bonds. The summed E-state index contributed by atoms with van der Waals surface area (Å²) < 4.78 is 5.05. The van der Waals surface area contributed by atoms with Crippen LogP contribution in [0.25, 0.3) is 32.3 Å². The highest BCUT2D eigenvalue weighted by Crippen LogP contribution is 2.35. The molecular weight excluding hydrogens is 296 g/mol. The first kappa shape index (κ1) is 14.7. The van der Waals surface area contributed by atoms with Crippen molar-refractivity contribution in [1.29, 1.82) is 0 Å². The highest BCUT2D eigenvalue weighted by molar-refractivity contribution is 6.23. The molecule has 0 bridgehead atoms. The largest absolute Gasteiger partial charge is 0.463 e. The molecule has 0 heterocycles. The van der Waals surface area contributed by atoms with E-state index in [0.29, 0.717) is 6.61 Å². The van der Waals surface area contributed by atoms with Gasteiger partial charge in [-0.05, 0) is 50.7 Å². The molecule has 0 radical (unpaired) electrons. The fourth-order valence-electron chi connectivity index (χ4n) is 3.47. The normalized spacial score (nSPS) is 11.3. The number of benzene rings is 4. The monoisotopic (exact) mass is 314 g/mol. The third-order valence-corrected chi connectivity index (χ3v) is 4.54. The molecule has 0 saturated carbocycles. The smallest absolute Gasteiger partial charge is 0.330 e. The lowest BCUT2D eigenvalue weighted by Crippen LogP contribution is -2.02. The molecule has 2 heteroatoms. The van der Waals surface area contributed by atoms with Crippen molar-refractivity contribution in [3.05, 3.63) is 72.8 Å². The maximum atomic E-state index is 11.1. The third-order valence-electron chi connectivity index (χ3n) is 4.54. The average molecular weight is 314 g/mol. The van der Waals surface area contributed by atoms with E-state index in [2.05, 4.69) is 61.2 Å². The Kier molecular flexibility index (Phi) is 3.66. The van der Waals surface area contributed by atoms with Crippen LogP contribution >= 0.6 is 0 Å². The molecule has 0 atom stereocenters. The van der Waals surface area contributed by atoms with Gasteiger partial charge in [0.05, 0.1) is 6.61 Å². The van der Waals surface area contributed by atoms with Gasteiger partial charge in [0.15, 0.2) is 0 Å². The summed E-state index contributed by atoms with van der Waals surface area (Å²) in [6.07, 6.45) is 2.90. The van der Waals surface area contributed by atoms with E-state index >= 15 is 0 Å². The number of esters is 1. The molecule has 24 heavy (non-hydrogen) atoms. The lowest BCUT2D eigenvalue weighted by atomic mass is 9.92. The molecular formula is C22H18O2. The van der Waals surface area contributed by atoms with Crippen molar-refractivity contribution in [2.24, 2.45) is 0 Å². The van der Waals surface area contributed by atoms with Crippen LogP contribution in [0.3, 0.4) is 0 Å². The molecule has 0 fully saturated rings. The molecule has 0 N–H and O–H groups in total. The van der Waals surface area contributed by atoms with Gasteiger partial charge in [0, 0.05) is 6.08 Å². The van der Waals surface area contributed by atoms with Crippen molar-refractivity contribution in [3.8, 4) is 0 Å². The van der Waals surface area contributed by atoms with Gasteiger partial charge in [-0.15, -0.1) is 0 Å². The van der Waals surface area contributed by atoms with Crippen molar-refractivity contribution in [3.63, 3.8) is 0 Å². The highest BCUT2D eigenvalue weighted by atomic mass is 16.5. The summed E-state index contributed by atoms with van der Waals surface area (Å²) in [5, 5.41) is 7.81. The zero-order valence-electron chi connectivity index (χ0n) is 13.4. The van der Waals surface area contributed by atoms with E-state index in [1.54, 1.807) is 0 Å². The predicted molar refractivity (Wildman–Crippen MR) is 99.6 cm³/mol. The summed E-state index contributed by atoms with van der Waals surface area (Å²) in [4.78, 5) is 11.1. The second-order valence-electron chi connectivity index (χ2n) is 6.10. The Hall–Kier alpha value is -2.87. The van der Waals surface area contributed by atoms with Crippen LogP contribution in [0.1, 0.15) is 12.0 Å². The van der Waals surface area contributed by atoms with Gasteiger partial charge in [-0.3, -0.25) is 0 Å². The summed E-state index contributed by atoms with van der Waals surface area (Å²) in [6.45, 7) is 3.83. The first-order chi connectivity index (χ1) is 11.8. The average Bonchev–Trinajstić information content (AvgIpc) is 2.63. The Morgan fingerprint density at radius 1 is 0.917 bits per heavy atom. The number of hydrogen-bond acceptors (Lipinski definition) is 2. The van der Waals surface area contributed by atoms with E-state index in [0.717, 1.165) is 12.8 Å². The number of aryl methyl sites for hydroxylation is 1. The number of hydrogen-bond donors (Lipinski definition) is 0. The molecule has 0 aromatic heterocycles. The Balaban J connectivity index is 1.69. The number of ether oxygens (including phenoxy) is 1. The summed E-state index contributed by atoms with van der Waals surface area (Å²) in [5.41, 5.74) is 1.27. The van der Waals surface area contributed by atoms with Crippen LogP contribution in [-0.4, -0.2) is 12.6 Å². The van der Waals surface area contributed by atoms with E-state index in [1.807, 2.05) is 0 Å². The number of rotatable bonds is 5. The standard InChI is InChI=1S/C22H18O2/c1-2-20(23)24-12-4-5-15-13-18-10-8-16-6-3-7-17-9-11-19(14-15)22(18)21(16)17/h2-3,6-11,13-14H,1,4-5,12H2. The van der Waals surface area contributed by atoms with E-state index < -0.39 is 0 Å². The van der Waals surface area contributed by atoms with E-state index in [4.69, 9.17) is 4.74 Å². The van der Waals surface area contributed by atoms with Gasteiger partial charge in [0.1, 0.15) is 0 Å². The van der Waals surface area contributed by atoms with Crippen LogP contribution in [0.2, 0.25) is 0 Å². The van der Waals surface area contributed by atoms with Gasteiger partial charge in [-0.1, -0.05) is 61.2 Å². The fourth-order valence-corrected chi connectivity index (χ4v) is 3.47. The van der Waals surface area contributed by atoms with Crippen LogP contribution in [0, 0.1) is 0 Å². The SMILES string of the molecule is C=CC(=O)OCCCc1cc2ccc3cccc4ccc(c1)c2c34. The molecule has 4 aromatic rings. The lowest BCUT2D eigenvalue weighted by Gasteiger charge is -2.12. The van der Waals surface area contributed by atoms with Crippen molar-refractivity contribution in [2.75, 3.05) is 6.61 Å². The van der Waals surface area contributed by atoms with Gasteiger partial charge < -0.3 is 4.74 Å². The molecule has 0 saturated heterocycles. The van der Waals surface area contributed by atoms with Crippen LogP contribution in [0.5, 0.6) is 0 Å². The van der Waals surface area contributed by atoms with Crippen molar-refractivity contribution in [1.82, 2.24) is 0 Å². The van der Waals surface area contributed by atoms with Gasteiger partial charge in [0.25, 0.3) is 0 Å². The zero-order chi connectivity index (χ0) is 16.5. The molecule has 0 aliphatic carbocycles. The second kappa shape index (κ2) is 5.97. The van der Waals surface area contributed by atoms with Gasteiger partial charge >= 0.3 is 5.97 Å². The van der Waals surface area contributed by atoms with Crippen molar-refractivity contribution in [2.45, 2.75) is 12.8 Å². The molecule has 118 valence electrons. The molecule has 4 rings (SSSR count). The van der Waals surface area contributed by atoms with Crippen LogP contribution in [0.15, 0.2) is 67.3 Å². The molecule has 0 aliphatic rings. The summed E-state index contributed by atoms with van der Waals surface area (Å²) in [7, 11) is 0. The third kappa shape index (κ3) is 2.50. The van der Waals surface area contributed by atoms with Gasteiger partial charge in [-0.2, -0.15) is 0 Å². The quantitative estimate of drug-likeness (QED) is 0.218. The Labute approximate surface area is 140 Å². The van der Waals surface area contributed by atoms with Crippen LogP contribution in [0.4, 0.5) is 0 Å². The van der Waals surface area contributed by atoms with Crippen LogP contribution < -0.4 is 0 Å². The number of carbonyl (C=O) groups is 1. The molecule has 0 aliphatic heterocycles. The zero-order valence-corrected chi connectivity index (χ0v) is 13.4. The summed E-state index contributed by atoms with van der Waals surface area (Å²) >= 11 is 0. The van der Waals surface area contributed by atoms with Gasteiger partial charge in [0.2, 0.25) is 0 Å². The molecule has 0 spiro atoms. The number of carbonyl (C=O) groups excluding carboxylic acids is 1. The first-order valence-corrected chi connectivity index (χ1v) is 8.22. The second-order valence-corrected chi connectivity index (χ2v) is 6.10. The topological polar surface area (TPSA) is 26.3 Å². The maximum absolute atomic E-state index is 11.1. The molecule has 0 unspecified atom stereocenters. The maximum Gasteiger partial charge on any atom is 0.330 e. The lowest BCUT2D eigenvalue weighted by molar-refractivity contribution is -0.137. The van der Waals surface area contributed by atoms with Crippen molar-refractivity contribution >= 4 is 38.3 Å². The predicted octanol–water partition coefficient (Wildman–Crippen LogP) is 5.25. The summed E-state index contributed by atoms with van der Waals surface area (Å²) in [5.74, 6) is -0.356. The first-order valence-electron chi connectivity index (χ1n) is 8.22. The molecule has 4 aromatic carbocycles. The van der Waals surface area contributed by atoms with Crippen molar-refractivity contribution < 1.29 is 9.53 Å². The highest BCUT2D eigenvalue weighted by Gasteiger charge is 2.09. The van der Waals surface area contributed by atoms with E-state index in [-0.39, 0.29) is 5.97 Å². The Morgan fingerprint density at radius 3 is 2.12 bits per heavy atom. The minimum absolute atomic E-state index is 0.356. The van der Waals surface area contributed by atoms with Gasteiger partial charge in [-0.25, -0.2) is 4.79 Å². The van der Waals surface area contributed by atoms with E-state index in [9.17, 15) is 4.79 Å². The minimum atomic E-state index is -0.356. The Morgan fingerprint density at radius 2 is 1.50 bits per heavy atom. The fraction of sp³-hybridized carbons (Fsp3) is 0.136.